The van der Waals surface area contributed by atoms with E-state index in [9.17, 15) is 4.79 Å². The summed E-state index contributed by atoms with van der Waals surface area (Å²) >= 11 is 6.21. The topological polar surface area (TPSA) is 38.8 Å². The predicted molar refractivity (Wildman–Crippen MR) is 94.0 cm³/mol. The molecule has 0 spiro atoms. The van der Waals surface area contributed by atoms with Crippen LogP contribution in [0.2, 0.25) is 5.02 Å². The Balaban J connectivity index is 1.97. The van der Waals surface area contributed by atoms with Crippen LogP contribution in [0, 0.1) is 0 Å². The fourth-order valence-corrected chi connectivity index (χ4v) is 3.44. The molecule has 2 aromatic rings. The van der Waals surface area contributed by atoms with Crippen molar-refractivity contribution < 1.29 is 14.3 Å². The highest BCUT2D eigenvalue weighted by molar-refractivity contribution is 6.33. The van der Waals surface area contributed by atoms with Gasteiger partial charge in [0.1, 0.15) is 11.5 Å². The lowest BCUT2D eigenvalue weighted by molar-refractivity contribution is 0.0734. The van der Waals surface area contributed by atoms with E-state index < -0.39 is 0 Å². The number of ether oxygens (including phenoxy) is 2. The van der Waals surface area contributed by atoms with Gasteiger partial charge in [0.05, 0.1) is 30.8 Å². The minimum absolute atomic E-state index is 0.0428. The molecule has 1 heterocycles. The molecule has 0 radical (unpaired) electrons. The van der Waals surface area contributed by atoms with Crippen molar-refractivity contribution in [3.05, 3.63) is 58.6 Å². The number of halogens is 1. The zero-order valence-corrected chi connectivity index (χ0v) is 14.5. The van der Waals surface area contributed by atoms with E-state index in [1.807, 2.05) is 35.2 Å². The van der Waals surface area contributed by atoms with Gasteiger partial charge in [-0.05, 0) is 43.2 Å². The fraction of sp³-hybridized carbons (Fsp3) is 0.316. The minimum atomic E-state index is -0.0482. The summed E-state index contributed by atoms with van der Waals surface area (Å²) in [6, 6.07) is 12.8. The van der Waals surface area contributed by atoms with E-state index in [0.717, 1.165) is 29.9 Å². The van der Waals surface area contributed by atoms with Crippen LogP contribution in [0.4, 0.5) is 0 Å². The Morgan fingerprint density at radius 1 is 1.17 bits per heavy atom. The number of methoxy groups -OCH3 is 2. The lowest BCUT2D eigenvalue weighted by atomic mass is 10.0. The van der Waals surface area contributed by atoms with Crippen LogP contribution in [-0.4, -0.2) is 31.6 Å². The Kier molecular flexibility index (Phi) is 4.95. The molecule has 1 fully saturated rings. The van der Waals surface area contributed by atoms with Crippen LogP contribution in [0.1, 0.15) is 34.8 Å². The Morgan fingerprint density at radius 2 is 1.96 bits per heavy atom. The first-order valence-corrected chi connectivity index (χ1v) is 8.31. The largest absolute Gasteiger partial charge is 0.497 e. The zero-order chi connectivity index (χ0) is 17.1. The average molecular weight is 346 g/mol. The second-order valence-corrected chi connectivity index (χ2v) is 6.15. The van der Waals surface area contributed by atoms with Gasteiger partial charge in [0.2, 0.25) is 0 Å². The van der Waals surface area contributed by atoms with Crippen LogP contribution in [0.5, 0.6) is 11.5 Å². The maximum absolute atomic E-state index is 13.0. The molecule has 1 aliphatic heterocycles. The number of likely N-dealkylation sites (tertiary alicyclic amines) is 1. The number of carbonyl (C=O) groups excluding carboxylic acids is 1. The highest BCUT2D eigenvalue weighted by Gasteiger charge is 2.33. The molecule has 0 N–H and O–H groups in total. The number of hydrogen-bond acceptors (Lipinski definition) is 3. The lowest BCUT2D eigenvalue weighted by Gasteiger charge is -2.27. The Labute approximate surface area is 146 Å². The van der Waals surface area contributed by atoms with E-state index in [2.05, 4.69) is 0 Å². The van der Waals surface area contributed by atoms with Gasteiger partial charge in [-0.1, -0.05) is 23.7 Å². The molecular formula is C19H20ClNO3. The van der Waals surface area contributed by atoms with Crippen molar-refractivity contribution in [1.82, 2.24) is 4.90 Å². The predicted octanol–water partition coefficient (Wildman–Crippen LogP) is 4.33. The molecule has 0 saturated carbocycles. The van der Waals surface area contributed by atoms with E-state index >= 15 is 0 Å². The quantitative estimate of drug-likeness (QED) is 0.827. The highest BCUT2D eigenvalue weighted by atomic mass is 35.5. The van der Waals surface area contributed by atoms with Crippen LogP contribution in [0.3, 0.4) is 0 Å². The molecule has 4 nitrogen and oxygen atoms in total. The van der Waals surface area contributed by atoms with Crippen molar-refractivity contribution in [3.63, 3.8) is 0 Å². The summed E-state index contributed by atoms with van der Waals surface area (Å²) in [5.41, 5.74) is 1.50. The average Bonchev–Trinajstić information content (AvgIpc) is 3.10. The van der Waals surface area contributed by atoms with Gasteiger partial charge in [-0.3, -0.25) is 4.79 Å². The summed E-state index contributed by atoms with van der Waals surface area (Å²) in [5, 5.41) is 0.478. The minimum Gasteiger partial charge on any atom is -0.497 e. The third kappa shape index (κ3) is 3.06. The molecule has 24 heavy (non-hydrogen) atoms. The molecule has 0 aromatic heterocycles. The van der Waals surface area contributed by atoms with Gasteiger partial charge >= 0.3 is 0 Å². The molecule has 0 aliphatic carbocycles. The maximum atomic E-state index is 13.0. The van der Waals surface area contributed by atoms with Gasteiger partial charge in [-0.15, -0.1) is 0 Å². The maximum Gasteiger partial charge on any atom is 0.255 e. The van der Waals surface area contributed by atoms with Gasteiger partial charge < -0.3 is 14.4 Å². The summed E-state index contributed by atoms with van der Waals surface area (Å²) in [6.07, 6.45) is 1.83. The van der Waals surface area contributed by atoms with Gasteiger partial charge in [-0.25, -0.2) is 0 Å². The van der Waals surface area contributed by atoms with Gasteiger partial charge in [-0.2, -0.15) is 0 Å². The van der Waals surface area contributed by atoms with Crippen molar-refractivity contribution in [3.8, 4) is 11.5 Å². The first-order chi connectivity index (χ1) is 11.7. The third-order valence-corrected chi connectivity index (χ3v) is 4.74. The Morgan fingerprint density at radius 3 is 2.67 bits per heavy atom. The summed E-state index contributed by atoms with van der Waals surface area (Å²) in [4.78, 5) is 14.8. The van der Waals surface area contributed by atoms with Crippen molar-refractivity contribution in [2.24, 2.45) is 0 Å². The van der Waals surface area contributed by atoms with Crippen LogP contribution in [0.25, 0.3) is 0 Å². The number of benzene rings is 2. The number of nitrogens with zero attached hydrogens (tertiary/aromatic N) is 1. The van der Waals surface area contributed by atoms with E-state index in [0.29, 0.717) is 17.1 Å². The zero-order valence-electron chi connectivity index (χ0n) is 13.8. The number of amides is 1. The first-order valence-electron chi connectivity index (χ1n) is 7.93. The van der Waals surface area contributed by atoms with Gasteiger partial charge in [0, 0.05) is 12.1 Å². The molecule has 3 rings (SSSR count). The molecular weight excluding hydrogens is 326 g/mol. The highest BCUT2D eigenvalue weighted by Crippen LogP contribution is 2.40. The van der Waals surface area contributed by atoms with Crippen LogP contribution < -0.4 is 9.47 Å². The smallest absolute Gasteiger partial charge is 0.255 e. The molecule has 1 aliphatic rings. The molecule has 2 aromatic carbocycles. The molecule has 126 valence electrons. The fourth-order valence-electron chi connectivity index (χ4n) is 3.22. The molecule has 1 amide bonds. The Hall–Kier alpha value is -2.20. The monoisotopic (exact) mass is 345 g/mol. The molecule has 0 bridgehead atoms. The van der Waals surface area contributed by atoms with Crippen molar-refractivity contribution in [2.45, 2.75) is 18.9 Å². The number of rotatable bonds is 4. The van der Waals surface area contributed by atoms with Crippen molar-refractivity contribution in [2.75, 3.05) is 20.8 Å². The molecule has 5 heteroatoms. The lowest BCUT2D eigenvalue weighted by Crippen LogP contribution is -2.31. The molecule has 1 saturated heterocycles. The molecule has 0 unspecified atom stereocenters. The SMILES string of the molecule is COc1ccc(OC)c([C@H]2CCCN2C(=O)c2ccccc2Cl)c1. The number of hydrogen-bond donors (Lipinski definition) is 0. The van der Waals surface area contributed by atoms with Crippen LogP contribution in [0.15, 0.2) is 42.5 Å². The van der Waals surface area contributed by atoms with Gasteiger partial charge in [0.25, 0.3) is 5.91 Å². The molecule has 1 atom stereocenters. The first kappa shape index (κ1) is 16.7. The standard InChI is InChI=1S/C19H20ClNO3/c1-23-13-9-10-18(24-2)15(12-13)17-8-5-11-21(17)19(22)14-6-3-4-7-16(14)20/h3-4,6-7,9-10,12,17H,5,8,11H2,1-2H3/t17-/m1/s1. The second-order valence-electron chi connectivity index (χ2n) is 5.74. The van der Waals surface area contributed by atoms with E-state index in [1.54, 1.807) is 26.4 Å². The second kappa shape index (κ2) is 7.14. The van der Waals surface area contributed by atoms with E-state index in [-0.39, 0.29) is 11.9 Å². The summed E-state index contributed by atoms with van der Waals surface area (Å²) in [5.74, 6) is 1.47. The van der Waals surface area contributed by atoms with Crippen LogP contribution in [-0.2, 0) is 0 Å². The van der Waals surface area contributed by atoms with E-state index in [1.165, 1.54) is 0 Å². The van der Waals surface area contributed by atoms with Crippen LogP contribution >= 0.6 is 11.6 Å². The summed E-state index contributed by atoms with van der Waals surface area (Å²) in [7, 11) is 3.27. The summed E-state index contributed by atoms with van der Waals surface area (Å²) in [6.45, 7) is 0.703. The number of carbonyl (C=O) groups is 1. The van der Waals surface area contributed by atoms with Crippen molar-refractivity contribution >= 4 is 17.5 Å². The normalized spacial score (nSPS) is 17.0. The third-order valence-electron chi connectivity index (χ3n) is 4.41. The van der Waals surface area contributed by atoms with Gasteiger partial charge in [0.15, 0.2) is 0 Å². The van der Waals surface area contributed by atoms with E-state index in [4.69, 9.17) is 21.1 Å². The summed E-state index contributed by atoms with van der Waals surface area (Å²) < 4.78 is 10.8. The Bertz CT molecular complexity index is 747. The van der Waals surface area contributed by atoms with Crippen molar-refractivity contribution in [1.29, 1.82) is 0 Å².